The van der Waals surface area contributed by atoms with Crippen LogP contribution in [0.3, 0.4) is 0 Å². The quantitative estimate of drug-likeness (QED) is 0.845. The maximum Gasteiger partial charge on any atom is 0.358 e. The smallest absolute Gasteiger partial charge is 0.358 e. The number of allylic oxidation sites excluding steroid dienone is 1. The zero-order valence-electron chi connectivity index (χ0n) is 10.1. The predicted molar refractivity (Wildman–Crippen MR) is 65.8 cm³/mol. The van der Waals surface area contributed by atoms with Crippen LogP contribution in [0.1, 0.15) is 23.5 Å². The van der Waals surface area contributed by atoms with E-state index in [4.69, 9.17) is 16.0 Å². The van der Waals surface area contributed by atoms with Crippen molar-refractivity contribution >= 4 is 24.0 Å². The van der Waals surface area contributed by atoms with Crippen molar-refractivity contribution in [1.82, 2.24) is 5.32 Å². The number of alkyl halides is 2. The van der Waals surface area contributed by atoms with Crippen LogP contribution in [0.25, 0.3) is 6.08 Å². The Morgan fingerprint density at radius 2 is 2.06 bits per heavy atom. The van der Waals surface area contributed by atoms with Crippen molar-refractivity contribution in [3.8, 4) is 0 Å². The first-order valence-corrected chi connectivity index (χ1v) is 5.74. The molecule has 6 heteroatoms. The summed E-state index contributed by atoms with van der Waals surface area (Å²) in [5, 5.41) is 3.35. The first-order chi connectivity index (χ1) is 8.44. The fraction of sp³-hybridized carbons (Fsp3) is 0.417. The van der Waals surface area contributed by atoms with Crippen molar-refractivity contribution in [3.05, 3.63) is 28.2 Å². The van der Waals surface area contributed by atoms with E-state index >= 15 is 0 Å². The second kappa shape index (κ2) is 6.11. The van der Waals surface area contributed by atoms with Gasteiger partial charge in [0.1, 0.15) is 5.76 Å². The summed E-state index contributed by atoms with van der Waals surface area (Å²) in [6.07, 6.45) is 2.21. The average molecular weight is 278 g/mol. The van der Waals surface area contributed by atoms with E-state index in [0.717, 1.165) is 6.07 Å². The summed E-state index contributed by atoms with van der Waals surface area (Å²) < 4.78 is 30.8. The number of nitrogens with one attached hydrogen (secondary N) is 1. The molecule has 0 bridgehead atoms. The fourth-order valence-electron chi connectivity index (χ4n) is 1.46. The number of hydrogen-bond acceptors (Lipinski definition) is 3. The fourth-order valence-corrected chi connectivity index (χ4v) is 1.67. The van der Waals surface area contributed by atoms with E-state index < -0.39 is 18.0 Å². The molecule has 2 rings (SSSR count). The molecular formula is C12H14ClF2NO2. The lowest BCUT2D eigenvalue weighted by Crippen LogP contribution is -2.13. The van der Waals surface area contributed by atoms with Gasteiger partial charge in [0.05, 0.1) is 0 Å². The Labute approximate surface area is 109 Å². The van der Waals surface area contributed by atoms with E-state index in [9.17, 15) is 13.6 Å². The number of furan rings is 1. The Morgan fingerprint density at radius 1 is 1.44 bits per heavy atom. The molecule has 0 unspecified atom stereocenters. The largest absolute Gasteiger partial charge is 0.459 e. The van der Waals surface area contributed by atoms with Gasteiger partial charge in [-0.2, -0.15) is 8.78 Å². The molecule has 3 nitrogen and oxygen atoms in total. The van der Waals surface area contributed by atoms with Crippen LogP contribution >= 0.6 is 11.6 Å². The summed E-state index contributed by atoms with van der Waals surface area (Å²) >= 11 is 5.76. The van der Waals surface area contributed by atoms with Crippen LogP contribution in [-0.4, -0.2) is 20.4 Å². The van der Waals surface area contributed by atoms with Crippen LogP contribution in [0.15, 0.2) is 15.5 Å². The van der Waals surface area contributed by atoms with Crippen LogP contribution in [0.2, 0.25) is 0 Å². The first-order valence-electron chi connectivity index (χ1n) is 5.36. The van der Waals surface area contributed by atoms with Gasteiger partial charge in [-0.05, 0) is 32.7 Å². The third-order valence-corrected chi connectivity index (χ3v) is 2.52. The van der Waals surface area contributed by atoms with Gasteiger partial charge in [0.2, 0.25) is 0 Å². The molecule has 0 amide bonds. The molecule has 0 spiro atoms. The number of halogens is 3. The Hall–Kier alpha value is -1.20. The van der Waals surface area contributed by atoms with Crippen molar-refractivity contribution in [2.45, 2.75) is 18.8 Å². The molecule has 18 heavy (non-hydrogen) atoms. The summed E-state index contributed by atoms with van der Waals surface area (Å²) in [6.45, 7) is 0. The molecule has 1 aliphatic carbocycles. The monoisotopic (exact) mass is 277 g/mol. The van der Waals surface area contributed by atoms with Gasteiger partial charge in [0, 0.05) is 17.0 Å². The van der Waals surface area contributed by atoms with Gasteiger partial charge < -0.3 is 9.73 Å². The van der Waals surface area contributed by atoms with Crippen molar-refractivity contribution in [1.29, 1.82) is 0 Å². The summed E-state index contributed by atoms with van der Waals surface area (Å²) in [5.41, 5.74) is 0.530. The van der Waals surface area contributed by atoms with Crippen LogP contribution in [0, 0.1) is 0 Å². The zero-order chi connectivity index (χ0) is 13.8. The van der Waals surface area contributed by atoms with E-state index in [1.807, 2.05) is 14.1 Å². The molecule has 100 valence electrons. The van der Waals surface area contributed by atoms with Crippen LogP contribution in [0.4, 0.5) is 8.78 Å². The molecule has 0 atom stereocenters. The van der Waals surface area contributed by atoms with Crippen LogP contribution in [0.5, 0.6) is 0 Å². The summed E-state index contributed by atoms with van der Waals surface area (Å²) in [7, 11) is 3.75. The van der Waals surface area contributed by atoms with Gasteiger partial charge in [0.25, 0.3) is 0 Å². The van der Waals surface area contributed by atoms with E-state index in [-0.39, 0.29) is 0 Å². The molecule has 0 saturated carbocycles. The first kappa shape index (κ1) is 14.9. The summed E-state index contributed by atoms with van der Waals surface area (Å²) in [4.78, 5) is 10.2. The number of aryl methyl sites for hydroxylation is 1. The third-order valence-electron chi connectivity index (χ3n) is 2.22. The third kappa shape index (κ3) is 3.40. The highest BCUT2D eigenvalue weighted by Gasteiger charge is 2.36. The number of hydrogen-bond donors (Lipinski definition) is 1. The number of fused-ring (bicyclic) bond motifs is 1. The van der Waals surface area contributed by atoms with Gasteiger partial charge in [-0.25, -0.2) is 0 Å². The molecular weight excluding hydrogens is 264 g/mol. The maximum absolute atomic E-state index is 13.0. The summed E-state index contributed by atoms with van der Waals surface area (Å²) in [6, 6.07) is 1.16. The molecule has 0 radical (unpaired) electrons. The van der Waals surface area contributed by atoms with Gasteiger partial charge >= 0.3 is 5.92 Å². The second-order valence-corrected chi connectivity index (χ2v) is 4.31. The van der Waals surface area contributed by atoms with Crippen LogP contribution in [-0.2, 0) is 17.1 Å². The molecule has 1 aromatic heterocycles. The van der Waals surface area contributed by atoms with E-state index in [1.54, 1.807) is 6.08 Å². The number of carbonyl (C=O) groups excluding carboxylic acids is 1. The summed E-state index contributed by atoms with van der Waals surface area (Å²) in [5.74, 6) is -3.72. The zero-order valence-corrected chi connectivity index (χ0v) is 10.9. The van der Waals surface area contributed by atoms with Gasteiger partial charge in [0.15, 0.2) is 12.0 Å². The standard InChI is InChI=1S/C10H7ClF2O2.C2H7N/c11-7-1-2-8-6(3-7)4-9(15-8)10(12,13)5-14;1-3-2/h3-5H,1-2H2;3H,1-2H3. The highest BCUT2D eigenvalue weighted by Crippen LogP contribution is 2.34. The van der Waals surface area contributed by atoms with E-state index in [0.29, 0.717) is 29.2 Å². The Balaban J connectivity index is 0.000000492. The SMILES string of the molecule is CNC.O=CC(F)(F)c1cc2c(o1)CCC(Cl)=C2. The van der Waals surface area contributed by atoms with Gasteiger partial charge in [-0.1, -0.05) is 11.6 Å². The minimum Gasteiger partial charge on any atom is -0.459 e. The molecule has 0 saturated heterocycles. The lowest BCUT2D eigenvalue weighted by Gasteiger charge is -2.05. The molecule has 1 aliphatic rings. The van der Waals surface area contributed by atoms with Crippen molar-refractivity contribution in [2.75, 3.05) is 14.1 Å². The molecule has 1 N–H and O–H groups in total. The Bertz CT molecular complexity index is 455. The van der Waals surface area contributed by atoms with Crippen molar-refractivity contribution < 1.29 is 18.0 Å². The van der Waals surface area contributed by atoms with Gasteiger partial charge in [-0.3, -0.25) is 4.79 Å². The predicted octanol–water partition coefficient (Wildman–Crippen LogP) is 2.93. The molecule has 1 aromatic rings. The minimum absolute atomic E-state index is 0.428. The number of aldehydes is 1. The van der Waals surface area contributed by atoms with E-state index in [2.05, 4.69) is 5.32 Å². The van der Waals surface area contributed by atoms with Gasteiger partial charge in [-0.15, -0.1) is 0 Å². The normalized spacial score (nSPS) is 14.2. The highest BCUT2D eigenvalue weighted by atomic mass is 35.5. The van der Waals surface area contributed by atoms with Crippen molar-refractivity contribution in [2.24, 2.45) is 0 Å². The number of rotatable bonds is 2. The topological polar surface area (TPSA) is 42.2 Å². The van der Waals surface area contributed by atoms with E-state index in [1.165, 1.54) is 0 Å². The molecule has 0 aliphatic heterocycles. The van der Waals surface area contributed by atoms with Crippen molar-refractivity contribution in [3.63, 3.8) is 0 Å². The minimum atomic E-state index is -3.56. The number of carbonyl (C=O) groups is 1. The lowest BCUT2D eigenvalue weighted by molar-refractivity contribution is -0.132. The molecule has 0 aromatic carbocycles. The van der Waals surface area contributed by atoms with Crippen LogP contribution < -0.4 is 5.32 Å². The molecule has 1 heterocycles. The highest BCUT2D eigenvalue weighted by molar-refractivity contribution is 6.31. The Morgan fingerprint density at radius 3 is 2.61 bits per heavy atom. The lowest BCUT2D eigenvalue weighted by atomic mass is 10.1. The maximum atomic E-state index is 13.0. The Kier molecular flexibility index (Phi) is 5.04. The average Bonchev–Trinajstić information content (AvgIpc) is 2.73. The molecule has 0 fully saturated rings. The second-order valence-electron chi connectivity index (χ2n) is 3.82.